The van der Waals surface area contributed by atoms with Gasteiger partial charge in [-0.05, 0) is 5.92 Å². The quantitative estimate of drug-likeness (QED) is 0.709. The Morgan fingerprint density at radius 1 is 1.69 bits per heavy atom. The lowest BCUT2D eigenvalue weighted by Crippen LogP contribution is -2.29. The maximum atomic E-state index is 11.2. The predicted octanol–water partition coefficient (Wildman–Crippen LogP) is 0.846. The zero-order valence-corrected chi connectivity index (χ0v) is 8.19. The van der Waals surface area contributed by atoms with Crippen molar-refractivity contribution in [3.05, 3.63) is 0 Å². The molecule has 4 heteroatoms. The molecule has 1 amide bonds. The van der Waals surface area contributed by atoms with Crippen molar-refractivity contribution in [3.63, 3.8) is 0 Å². The lowest BCUT2D eigenvalue weighted by molar-refractivity contribution is 0.117. The molecule has 0 aliphatic carbocycles. The summed E-state index contributed by atoms with van der Waals surface area (Å²) in [6, 6.07) is 0. The Kier molecular flexibility index (Phi) is 3.54. The number of amides is 1. The van der Waals surface area contributed by atoms with E-state index < -0.39 is 0 Å². The summed E-state index contributed by atoms with van der Waals surface area (Å²) in [4.78, 5) is 12.9. The van der Waals surface area contributed by atoms with E-state index in [-0.39, 0.29) is 18.8 Å². The van der Waals surface area contributed by atoms with Gasteiger partial charge in [-0.15, -0.1) is 0 Å². The summed E-state index contributed by atoms with van der Waals surface area (Å²) in [6.07, 6.45) is 0.184. The second kappa shape index (κ2) is 4.46. The van der Waals surface area contributed by atoms with Crippen LogP contribution in [0, 0.1) is 5.92 Å². The number of hydrogen-bond donors (Lipinski definition) is 1. The van der Waals surface area contributed by atoms with Crippen LogP contribution in [0.4, 0.5) is 4.79 Å². The second-order valence-corrected chi connectivity index (χ2v) is 3.82. The fraction of sp³-hybridized carbons (Fsp3) is 0.889. The maximum absolute atomic E-state index is 11.2. The molecule has 1 rings (SSSR count). The van der Waals surface area contributed by atoms with Gasteiger partial charge in [0.1, 0.15) is 6.10 Å². The van der Waals surface area contributed by atoms with Crippen molar-refractivity contribution < 1.29 is 14.6 Å². The van der Waals surface area contributed by atoms with Gasteiger partial charge in [0.15, 0.2) is 0 Å². The Bertz CT molecular complexity index is 182. The molecular weight excluding hydrogens is 170 g/mol. The van der Waals surface area contributed by atoms with Crippen LogP contribution in [0.5, 0.6) is 0 Å². The molecule has 0 saturated carbocycles. The number of nitrogens with zero attached hydrogens (tertiary/aromatic N) is 1. The molecule has 4 nitrogen and oxygen atoms in total. The van der Waals surface area contributed by atoms with Gasteiger partial charge in [-0.2, -0.15) is 0 Å². The van der Waals surface area contributed by atoms with E-state index >= 15 is 0 Å². The number of rotatable bonds is 4. The summed E-state index contributed by atoms with van der Waals surface area (Å²) < 4.78 is 5.04. The summed E-state index contributed by atoms with van der Waals surface area (Å²) >= 11 is 0. The van der Waals surface area contributed by atoms with Crippen LogP contribution >= 0.6 is 0 Å². The first-order chi connectivity index (χ1) is 6.13. The van der Waals surface area contributed by atoms with Gasteiger partial charge in [-0.1, -0.05) is 13.8 Å². The Hall–Kier alpha value is -0.770. The molecule has 13 heavy (non-hydrogen) atoms. The first kappa shape index (κ1) is 10.3. The van der Waals surface area contributed by atoms with Gasteiger partial charge in [0.2, 0.25) is 0 Å². The largest absolute Gasteiger partial charge is 0.444 e. The Balaban J connectivity index is 2.37. The molecule has 0 bridgehead atoms. The number of aliphatic hydroxyl groups is 1. The number of hydrogen-bond acceptors (Lipinski definition) is 3. The first-order valence-electron chi connectivity index (χ1n) is 4.70. The Morgan fingerprint density at radius 3 is 2.92 bits per heavy atom. The monoisotopic (exact) mass is 187 g/mol. The van der Waals surface area contributed by atoms with Crippen LogP contribution < -0.4 is 0 Å². The molecule has 1 aliphatic heterocycles. The summed E-state index contributed by atoms with van der Waals surface area (Å²) in [6.45, 7) is 5.56. The minimum absolute atomic E-state index is 0.0769. The zero-order valence-electron chi connectivity index (χ0n) is 8.19. The topological polar surface area (TPSA) is 49.8 Å². The predicted molar refractivity (Wildman–Crippen MR) is 48.4 cm³/mol. The molecule has 1 fully saturated rings. The van der Waals surface area contributed by atoms with Crippen molar-refractivity contribution in [1.82, 2.24) is 4.90 Å². The van der Waals surface area contributed by atoms with Gasteiger partial charge >= 0.3 is 6.09 Å². The molecule has 0 radical (unpaired) electrons. The van der Waals surface area contributed by atoms with Crippen molar-refractivity contribution in [2.45, 2.75) is 26.4 Å². The SMILES string of the molecule is CC(C)CN1C[C@H](CCO)OC1=O. The molecule has 0 aromatic heterocycles. The minimum atomic E-state index is -0.243. The van der Waals surface area contributed by atoms with Crippen LogP contribution in [0.15, 0.2) is 0 Å². The van der Waals surface area contributed by atoms with E-state index in [1.165, 1.54) is 0 Å². The van der Waals surface area contributed by atoms with Crippen LogP contribution in [-0.2, 0) is 4.74 Å². The van der Waals surface area contributed by atoms with E-state index in [2.05, 4.69) is 13.8 Å². The molecule has 0 aromatic carbocycles. The van der Waals surface area contributed by atoms with E-state index in [0.717, 1.165) is 6.54 Å². The third-order valence-electron chi connectivity index (χ3n) is 1.99. The highest BCUT2D eigenvalue weighted by Crippen LogP contribution is 2.15. The van der Waals surface area contributed by atoms with Crippen molar-refractivity contribution in [3.8, 4) is 0 Å². The molecule has 1 aliphatic rings. The molecule has 0 spiro atoms. The van der Waals surface area contributed by atoms with Gasteiger partial charge in [0.25, 0.3) is 0 Å². The van der Waals surface area contributed by atoms with Gasteiger partial charge in [0.05, 0.1) is 6.54 Å². The first-order valence-corrected chi connectivity index (χ1v) is 4.70. The molecule has 0 aromatic rings. The number of carbonyl (C=O) groups is 1. The van der Waals surface area contributed by atoms with Crippen LogP contribution in [0.1, 0.15) is 20.3 Å². The lowest BCUT2D eigenvalue weighted by Gasteiger charge is -2.14. The zero-order chi connectivity index (χ0) is 9.84. The highest BCUT2D eigenvalue weighted by molar-refractivity contribution is 5.69. The van der Waals surface area contributed by atoms with Gasteiger partial charge in [-0.25, -0.2) is 4.79 Å². The Morgan fingerprint density at radius 2 is 2.38 bits per heavy atom. The maximum Gasteiger partial charge on any atom is 0.410 e. The number of cyclic esters (lactones) is 1. The Labute approximate surface area is 78.5 Å². The van der Waals surface area contributed by atoms with Gasteiger partial charge in [0, 0.05) is 19.6 Å². The highest BCUT2D eigenvalue weighted by atomic mass is 16.6. The minimum Gasteiger partial charge on any atom is -0.444 e. The molecule has 76 valence electrons. The normalized spacial score (nSPS) is 22.6. The van der Waals surface area contributed by atoms with Crippen molar-refractivity contribution >= 4 is 6.09 Å². The van der Waals surface area contributed by atoms with Gasteiger partial charge in [-0.3, -0.25) is 0 Å². The standard InChI is InChI=1S/C9H17NO3/c1-7(2)5-10-6-8(3-4-11)13-9(10)12/h7-8,11H,3-6H2,1-2H3/t8-/m0/s1. The number of aliphatic hydroxyl groups excluding tert-OH is 1. The molecule has 1 atom stereocenters. The highest BCUT2D eigenvalue weighted by Gasteiger charge is 2.30. The smallest absolute Gasteiger partial charge is 0.410 e. The van der Waals surface area contributed by atoms with Crippen molar-refractivity contribution in [2.24, 2.45) is 5.92 Å². The number of ether oxygens (including phenoxy) is 1. The van der Waals surface area contributed by atoms with E-state index in [4.69, 9.17) is 9.84 Å². The third kappa shape index (κ3) is 2.88. The lowest BCUT2D eigenvalue weighted by atomic mass is 10.2. The van der Waals surface area contributed by atoms with E-state index in [9.17, 15) is 4.79 Å². The average Bonchev–Trinajstić information content (AvgIpc) is 2.31. The van der Waals surface area contributed by atoms with Crippen LogP contribution in [0.3, 0.4) is 0 Å². The fourth-order valence-electron chi connectivity index (χ4n) is 1.46. The fourth-order valence-corrected chi connectivity index (χ4v) is 1.46. The molecule has 1 N–H and O–H groups in total. The van der Waals surface area contributed by atoms with Crippen LogP contribution in [-0.4, -0.2) is 41.9 Å². The van der Waals surface area contributed by atoms with Crippen LogP contribution in [0.25, 0.3) is 0 Å². The summed E-state index contributed by atoms with van der Waals surface area (Å²) in [5, 5.41) is 8.67. The van der Waals surface area contributed by atoms with Gasteiger partial charge < -0.3 is 14.7 Å². The second-order valence-electron chi connectivity index (χ2n) is 3.82. The summed E-state index contributed by atoms with van der Waals surface area (Å²) in [7, 11) is 0. The molecular formula is C9H17NO3. The number of carbonyl (C=O) groups excluding carboxylic acids is 1. The van der Waals surface area contributed by atoms with Crippen LogP contribution in [0.2, 0.25) is 0 Å². The van der Waals surface area contributed by atoms with E-state index in [1.54, 1.807) is 4.90 Å². The third-order valence-corrected chi connectivity index (χ3v) is 1.99. The molecule has 1 heterocycles. The molecule has 1 saturated heterocycles. The van der Waals surface area contributed by atoms with E-state index in [0.29, 0.717) is 18.9 Å². The van der Waals surface area contributed by atoms with Crippen molar-refractivity contribution in [1.29, 1.82) is 0 Å². The summed E-state index contributed by atoms with van der Waals surface area (Å²) in [5.41, 5.74) is 0. The summed E-state index contributed by atoms with van der Waals surface area (Å²) in [5.74, 6) is 0.459. The average molecular weight is 187 g/mol. The van der Waals surface area contributed by atoms with Crippen molar-refractivity contribution in [2.75, 3.05) is 19.7 Å². The van der Waals surface area contributed by atoms with E-state index in [1.807, 2.05) is 0 Å². The molecule has 0 unspecified atom stereocenters.